The molecule has 0 spiro atoms. The second kappa shape index (κ2) is 6.12. The molecule has 0 amide bonds. The van der Waals surface area contributed by atoms with E-state index in [0.717, 1.165) is 5.92 Å². The Kier molecular flexibility index (Phi) is 4.74. The highest BCUT2D eigenvalue weighted by Crippen LogP contribution is 2.38. The molecule has 0 aliphatic heterocycles. The van der Waals surface area contributed by atoms with Crippen LogP contribution in [0.15, 0.2) is 23.1 Å². The number of thioether (sulfide) groups is 1. The van der Waals surface area contributed by atoms with Crippen molar-refractivity contribution in [1.29, 1.82) is 0 Å². The Morgan fingerprint density at radius 3 is 2.78 bits per heavy atom. The SMILES string of the molecule is CCC1CCC(N)C(Sc2cc(C)ccc2C)C1. The molecule has 1 aromatic rings. The van der Waals surface area contributed by atoms with Crippen molar-refractivity contribution in [3.05, 3.63) is 29.3 Å². The average Bonchev–Trinajstić information content (AvgIpc) is 2.36. The first-order valence-corrected chi connectivity index (χ1v) is 7.97. The van der Waals surface area contributed by atoms with Crippen molar-refractivity contribution in [2.45, 2.75) is 62.6 Å². The number of aryl methyl sites for hydroxylation is 2. The molecule has 0 aromatic heterocycles. The third kappa shape index (κ3) is 3.30. The smallest absolute Gasteiger partial charge is 0.0249 e. The Morgan fingerprint density at radius 1 is 1.28 bits per heavy atom. The normalized spacial score (nSPS) is 28.3. The summed E-state index contributed by atoms with van der Waals surface area (Å²) in [5, 5.41) is 0.601. The predicted octanol–water partition coefficient (Wildman–Crippen LogP) is 4.30. The lowest BCUT2D eigenvalue weighted by molar-refractivity contribution is 0.327. The lowest BCUT2D eigenvalue weighted by atomic mass is 9.84. The average molecular weight is 263 g/mol. The highest BCUT2D eigenvalue weighted by Gasteiger charge is 2.28. The van der Waals surface area contributed by atoms with Gasteiger partial charge in [0.1, 0.15) is 0 Å². The third-order valence-corrected chi connectivity index (χ3v) is 5.69. The zero-order chi connectivity index (χ0) is 13.1. The molecule has 1 fully saturated rings. The van der Waals surface area contributed by atoms with E-state index in [4.69, 9.17) is 5.73 Å². The van der Waals surface area contributed by atoms with Crippen LogP contribution >= 0.6 is 11.8 Å². The van der Waals surface area contributed by atoms with E-state index in [1.54, 1.807) is 0 Å². The van der Waals surface area contributed by atoms with E-state index in [-0.39, 0.29) is 0 Å². The van der Waals surface area contributed by atoms with Crippen molar-refractivity contribution in [3.8, 4) is 0 Å². The fraction of sp³-hybridized carbons (Fsp3) is 0.625. The van der Waals surface area contributed by atoms with E-state index in [0.29, 0.717) is 11.3 Å². The van der Waals surface area contributed by atoms with Crippen molar-refractivity contribution in [2.75, 3.05) is 0 Å². The van der Waals surface area contributed by atoms with Crippen molar-refractivity contribution < 1.29 is 0 Å². The summed E-state index contributed by atoms with van der Waals surface area (Å²) in [4.78, 5) is 1.42. The van der Waals surface area contributed by atoms with Crippen LogP contribution in [-0.2, 0) is 0 Å². The second-order valence-corrected chi connectivity index (χ2v) is 6.96. The molecule has 2 heteroatoms. The number of rotatable bonds is 3. The van der Waals surface area contributed by atoms with Crippen LogP contribution in [0.2, 0.25) is 0 Å². The number of hydrogen-bond acceptors (Lipinski definition) is 2. The summed E-state index contributed by atoms with van der Waals surface area (Å²) in [6, 6.07) is 7.10. The molecular formula is C16H25NS. The van der Waals surface area contributed by atoms with Crippen molar-refractivity contribution in [2.24, 2.45) is 11.7 Å². The summed E-state index contributed by atoms with van der Waals surface area (Å²) < 4.78 is 0. The second-order valence-electron chi connectivity index (χ2n) is 5.68. The quantitative estimate of drug-likeness (QED) is 0.880. The zero-order valence-electron chi connectivity index (χ0n) is 11.8. The molecule has 0 bridgehead atoms. The van der Waals surface area contributed by atoms with Gasteiger partial charge in [0.25, 0.3) is 0 Å². The van der Waals surface area contributed by atoms with Gasteiger partial charge in [-0.15, -0.1) is 11.8 Å². The van der Waals surface area contributed by atoms with Gasteiger partial charge in [-0.2, -0.15) is 0 Å². The van der Waals surface area contributed by atoms with E-state index in [9.17, 15) is 0 Å². The van der Waals surface area contributed by atoms with Gasteiger partial charge in [0.2, 0.25) is 0 Å². The molecule has 100 valence electrons. The van der Waals surface area contributed by atoms with Crippen LogP contribution in [0.4, 0.5) is 0 Å². The van der Waals surface area contributed by atoms with Crippen LogP contribution < -0.4 is 5.73 Å². The minimum Gasteiger partial charge on any atom is -0.327 e. The molecular weight excluding hydrogens is 238 g/mol. The maximum atomic E-state index is 6.31. The molecule has 1 aromatic carbocycles. The van der Waals surface area contributed by atoms with Gasteiger partial charge in [-0.05, 0) is 50.7 Å². The van der Waals surface area contributed by atoms with Crippen LogP contribution in [0.3, 0.4) is 0 Å². The first kappa shape index (κ1) is 14.0. The van der Waals surface area contributed by atoms with E-state index in [2.05, 4.69) is 39.0 Å². The summed E-state index contributed by atoms with van der Waals surface area (Å²) in [6.45, 7) is 6.67. The fourth-order valence-electron chi connectivity index (χ4n) is 2.74. The predicted molar refractivity (Wildman–Crippen MR) is 81.2 cm³/mol. The summed E-state index contributed by atoms with van der Waals surface area (Å²) in [6.07, 6.45) is 5.11. The zero-order valence-corrected chi connectivity index (χ0v) is 12.6. The molecule has 18 heavy (non-hydrogen) atoms. The van der Waals surface area contributed by atoms with Crippen LogP contribution in [0, 0.1) is 19.8 Å². The van der Waals surface area contributed by atoms with Crippen molar-refractivity contribution in [1.82, 2.24) is 0 Å². The van der Waals surface area contributed by atoms with Crippen LogP contribution in [-0.4, -0.2) is 11.3 Å². The van der Waals surface area contributed by atoms with Crippen LogP contribution in [0.25, 0.3) is 0 Å². The molecule has 2 N–H and O–H groups in total. The molecule has 0 heterocycles. The first-order chi connectivity index (χ1) is 8.60. The van der Waals surface area contributed by atoms with Gasteiger partial charge in [0.15, 0.2) is 0 Å². The van der Waals surface area contributed by atoms with Gasteiger partial charge >= 0.3 is 0 Å². The minimum absolute atomic E-state index is 0.373. The van der Waals surface area contributed by atoms with E-state index in [1.165, 1.54) is 41.7 Å². The molecule has 1 nitrogen and oxygen atoms in total. The monoisotopic (exact) mass is 263 g/mol. The van der Waals surface area contributed by atoms with Crippen LogP contribution in [0.5, 0.6) is 0 Å². The van der Waals surface area contributed by atoms with Gasteiger partial charge < -0.3 is 5.73 Å². The largest absolute Gasteiger partial charge is 0.327 e. The highest BCUT2D eigenvalue weighted by atomic mass is 32.2. The Bertz CT molecular complexity index is 402. The topological polar surface area (TPSA) is 26.0 Å². The lowest BCUT2D eigenvalue weighted by Gasteiger charge is -2.33. The standard InChI is InChI=1S/C16H25NS/c1-4-13-7-8-14(17)16(10-13)18-15-9-11(2)5-6-12(15)3/h5-6,9,13-14,16H,4,7-8,10,17H2,1-3H3. The minimum atomic E-state index is 0.373. The van der Waals surface area contributed by atoms with E-state index < -0.39 is 0 Å². The van der Waals surface area contributed by atoms with Gasteiger partial charge in [-0.3, -0.25) is 0 Å². The Labute approximate surface area is 116 Å². The first-order valence-electron chi connectivity index (χ1n) is 7.09. The fourth-order valence-corrected chi connectivity index (χ4v) is 4.25. The molecule has 3 unspecified atom stereocenters. The summed E-state index contributed by atoms with van der Waals surface area (Å²) in [5.41, 5.74) is 9.04. The third-order valence-electron chi connectivity index (χ3n) is 4.15. The molecule has 1 saturated carbocycles. The molecule has 1 aliphatic carbocycles. The summed E-state index contributed by atoms with van der Waals surface area (Å²) in [5.74, 6) is 0.882. The number of nitrogens with two attached hydrogens (primary N) is 1. The van der Waals surface area contributed by atoms with Gasteiger partial charge in [0, 0.05) is 16.2 Å². The summed E-state index contributed by atoms with van der Waals surface area (Å²) >= 11 is 2.01. The van der Waals surface area contributed by atoms with Crippen molar-refractivity contribution >= 4 is 11.8 Å². The Hall–Kier alpha value is -0.470. The van der Waals surface area contributed by atoms with Gasteiger partial charge in [0.05, 0.1) is 0 Å². The number of hydrogen-bond donors (Lipinski definition) is 1. The van der Waals surface area contributed by atoms with Crippen LogP contribution in [0.1, 0.15) is 43.7 Å². The van der Waals surface area contributed by atoms with Crippen molar-refractivity contribution in [3.63, 3.8) is 0 Å². The molecule has 2 rings (SSSR count). The number of benzene rings is 1. The van der Waals surface area contributed by atoms with E-state index >= 15 is 0 Å². The lowest BCUT2D eigenvalue weighted by Crippen LogP contribution is -2.38. The Morgan fingerprint density at radius 2 is 2.06 bits per heavy atom. The molecule has 0 radical (unpaired) electrons. The van der Waals surface area contributed by atoms with E-state index in [1.807, 2.05) is 11.8 Å². The van der Waals surface area contributed by atoms with Gasteiger partial charge in [-0.25, -0.2) is 0 Å². The highest BCUT2D eigenvalue weighted by molar-refractivity contribution is 8.00. The maximum Gasteiger partial charge on any atom is 0.0249 e. The van der Waals surface area contributed by atoms with Gasteiger partial charge in [-0.1, -0.05) is 31.0 Å². The Balaban J connectivity index is 2.09. The molecule has 1 aliphatic rings. The maximum absolute atomic E-state index is 6.31. The molecule has 3 atom stereocenters. The summed E-state index contributed by atoms with van der Waals surface area (Å²) in [7, 11) is 0. The molecule has 0 saturated heterocycles.